The van der Waals surface area contributed by atoms with Crippen LogP contribution in [0.25, 0.3) is 0 Å². The second kappa shape index (κ2) is 2.67. The van der Waals surface area contributed by atoms with Crippen LogP contribution in [0, 0.1) is 0 Å². The van der Waals surface area contributed by atoms with E-state index in [0.29, 0.717) is 0 Å². The fraction of sp³-hybridized carbons (Fsp3) is 0.400. The van der Waals surface area contributed by atoms with Gasteiger partial charge in [-0.25, -0.2) is 0 Å². The predicted molar refractivity (Wildman–Crippen MR) is 39.3 cm³/mol. The van der Waals surface area contributed by atoms with Crippen LogP contribution in [-0.4, -0.2) is 20.1 Å². The summed E-state index contributed by atoms with van der Waals surface area (Å²) in [6, 6.07) is 0. The molecule has 6 heteroatoms. The number of aromatic nitrogens is 3. The molecule has 1 atom stereocenters. The van der Waals surface area contributed by atoms with Crippen LogP contribution >= 0.6 is 0 Å². The second-order valence-electron chi connectivity index (χ2n) is 2.09. The van der Waals surface area contributed by atoms with Crippen molar-refractivity contribution in [3.63, 3.8) is 0 Å². The van der Waals surface area contributed by atoms with Crippen molar-refractivity contribution in [2.75, 3.05) is 11.5 Å². The Morgan fingerprint density at radius 2 is 1.64 bits per heavy atom. The number of nitrogens with zero attached hydrogens (tertiary/aromatic N) is 3. The standard InChI is InChI=1S/C5H9N5O/c1-2(11)3-8-4(6)10-5(7)9-3/h2,11H,1H3,(H4,6,7,8,9,10). The molecule has 0 spiro atoms. The van der Waals surface area contributed by atoms with Gasteiger partial charge >= 0.3 is 0 Å². The summed E-state index contributed by atoms with van der Waals surface area (Å²) in [5, 5.41) is 9.01. The SMILES string of the molecule is CC(O)c1nc(N)nc(N)n1. The molecule has 1 aromatic rings. The number of aliphatic hydroxyl groups is 1. The summed E-state index contributed by atoms with van der Waals surface area (Å²) in [5.74, 6) is 0.233. The molecule has 0 saturated heterocycles. The van der Waals surface area contributed by atoms with E-state index < -0.39 is 6.10 Å². The van der Waals surface area contributed by atoms with Crippen LogP contribution in [0.1, 0.15) is 18.9 Å². The number of nitrogens with two attached hydrogens (primary N) is 2. The molecule has 0 amide bonds. The Kier molecular flexibility index (Phi) is 1.86. The first-order valence-corrected chi connectivity index (χ1v) is 3.04. The van der Waals surface area contributed by atoms with E-state index in [2.05, 4.69) is 15.0 Å². The number of hydrogen-bond donors (Lipinski definition) is 3. The van der Waals surface area contributed by atoms with Gasteiger partial charge in [0, 0.05) is 0 Å². The van der Waals surface area contributed by atoms with Crippen LogP contribution in [0.15, 0.2) is 0 Å². The van der Waals surface area contributed by atoms with E-state index in [0.717, 1.165) is 0 Å². The van der Waals surface area contributed by atoms with Crippen molar-refractivity contribution in [2.45, 2.75) is 13.0 Å². The van der Waals surface area contributed by atoms with Gasteiger partial charge in [-0.1, -0.05) is 0 Å². The summed E-state index contributed by atoms with van der Waals surface area (Å²) < 4.78 is 0. The van der Waals surface area contributed by atoms with Gasteiger partial charge in [-0.3, -0.25) is 0 Å². The molecule has 60 valence electrons. The van der Waals surface area contributed by atoms with Gasteiger partial charge in [0.2, 0.25) is 11.9 Å². The largest absolute Gasteiger partial charge is 0.385 e. The molecule has 1 unspecified atom stereocenters. The van der Waals surface area contributed by atoms with Crippen molar-refractivity contribution in [1.29, 1.82) is 0 Å². The number of nitrogen functional groups attached to an aromatic ring is 2. The van der Waals surface area contributed by atoms with Crippen molar-refractivity contribution < 1.29 is 5.11 Å². The van der Waals surface area contributed by atoms with Crippen LogP contribution in [0.2, 0.25) is 0 Å². The van der Waals surface area contributed by atoms with Gasteiger partial charge in [0.15, 0.2) is 5.82 Å². The zero-order valence-corrected chi connectivity index (χ0v) is 6.02. The summed E-state index contributed by atoms with van der Waals surface area (Å²) in [6.07, 6.45) is -0.775. The Bertz CT molecular complexity index is 241. The van der Waals surface area contributed by atoms with E-state index in [9.17, 15) is 0 Å². The Labute approximate surface area is 63.3 Å². The lowest BCUT2D eigenvalue weighted by atomic mass is 10.4. The summed E-state index contributed by atoms with van der Waals surface area (Å²) in [4.78, 5) is 10.9. The maximum atomic E-state index is 9.01. The lowest BCUT2D eigenvalue weighted by molar-refractivity contribution is 0.189. The van der Waals surface area contributed by atoms with E-state index in [1.165, 1.54) is 6.92 Å². The molecule has 1 heterocycles. The maximum absolute atomic E-state index is 9.01. The van der Waals surface area contributed by atoms with Crippen molar-refractivity contribution >= 4 is 11.9 Å². The minimum atomic E-state index is -0.775. The Morgan fingerprint density at radius 1 is 1.18 bits per heavy atom. The van der Waals surface area contributed by atoms with Crippen LogP contribution in [-0.2, 0) is 0 Å². The highest BCUT2D eigenvalue weighted by molar-refractivity contribution is 5.26. The third-order valence-electron chi connectivity index (χ3n) is 1.06. The average Bonchev–Trinajstić information content (AvgIpc) is 1.85. The van der Waals surface area contributed by atoms with Gasteiger partial charge in [-0.15, -0.1) is 0 Å². The monoisotopic (exact) mass is 155 g/mol. The molecule has 0 aliphatic carbocycles. The predicted octanol–water partition coefficient (Wildman–Crippen LogP) is -0.911. The smallest absolute Gasteiger partial charge is 0.225 e. The van der Waals surface area contributed by atoms with Crippen molar-refractivity contribution in [3.8, 4) is 0 Å². The Balaban J connectivity index is 3.08. The molecular formula is C5H9N5O. The Hall–Kier alpha value is -1.43. The molecule has 0 aromatic carbocycles. The van der Waals surface area contributed by atoms with Gasteiger partial charge in [0.1, 0.15) is 6.10 Å². The van der Waals surface area contributed by atoms with E-state index in [1.807, 2.05) is 0 Å². The summed E-state index contributed by atoms with van der Waals surface area (Å²) >= 11 is 0. The zero-order valence-electron chi connectivity index (χ0n) is 6.02. The first kappa shape index (κ1) is 7.67. The summed E-state index contributed by atoms with van der Waals surface area (Å²) in [7, 11) is 0. The van der Waals surface area contributed by atoms with E-state index in [-0.39, 0.29) is 17.7 Å². The van der Waals surface area contributed by atoms with Gasteiger partial charge in [-0.05, 0) is 6.92 Å². The van der Waals surface area contributed by atoms with Crippen LogP contribution in [0.3, 0.4) is 0 Å². The van der Waals surface area contributed by atoms with Crippen molar-refractivity contribution in [2.24, 2.45) is 0 Å². The molecule has 6 nitrogen and oxygen atoms in total. The molecule has 1 rings (SSSR count). The molecule has 0 bridgehead atoms. The summed E-state index contributed by atoms with van der Waals surface area (Å²) in [5.41, 5.74) is 10.5. The molecule has 0 radical (unpaired) electrons. The third-order valence-corrected chi connectivity index (χ3v) is 1.06. The summed E-state index contributed by atoms with van der Waals surface area (Å²) in [6.45, 7) is 1.52. The number of aliphatic hydroxyl groups excluding tert-OH is 1. The van der Waals surface area contributed by atoms with Gasteiger partial charge in [0.25, 0.3) is 0 Å². The number of anilines is 2. The Morgan fingerprint density at radius 3 is 2.00 bits per heavy atom. The molecule has 0 aliphatic rings. The molecule has 11 heavy (non-hydrogen) atoms. The average molecular weight is 155 g/mol. The first-order chi connectivity index (χ1) is 5.09. The second-order valence-corrected chi connectivity index (χ2v) is 2.09. The minimum Gasteiger partial charge on any atom is -0.385 e. The molecule has 1 aromatic heterocycles. The minimum absolute atomic E-state index is 0.0217. The van der Waals surface area contributed by atoms with Crippen molar-refractivity contribution in [3.05, 3.63) is 5.82 Å². The van der Waals surface area contributed by atoms with Crippen LogP contribution in [0.4, 0.5) is 11.9 Å². The molecule has 0 saturated carbocycles. The zero-order chi connectivity index (χ0) is 8.43. The lowest BCUT2D eigenvalue weighted by Crippen LogP contribution is -2.08. The first-order valence-electron chi connectivity index (χ1n) is 3.04. The molecule has 0 fully saturated rings. The fourth-order valence-electron chi connectivity index (χ4n) is 0.614. The normalized spacial score (nSPS) is 12.9. The lowest BCUT2D eigenvalue weighted by Gasteiger charge is -2.02. The number of hydrogen-bond acceptors (Lipinski definition) is 6. The highest BCUT2D eigenvalue weighted by Crippen LogP contribution is 2.07. The van der Waals surface area contributed by atoms with Crippen LogP contribution in [0.5, 0.6) is 0 Å². The van der Waals surface area contributed by atoms with Crippen molar-refractivity contribution in [1.82, 2.24) is 15.0 Å². The van der Waals surface area contributed by atoms with Gasteiger partial charge in [0.05, 0.1) is 0 Å². The van der Waals surface area contributed by atoms with E-state index >= 15 is 0 Å². The molecule has 5 N–H and O–H groups in total. The van der Waals surface area contributed by atoms with Gasteiger partial charge < -0.3 is 16.6 Å². The molecule has 0 aliphatic heterocycles. The highest BCUT2D eigenvalue weighted by atomic mass is 16.3. The van der Waals surface area contributed by atoms with E-state index in [4.69, 9.17) is 16.6 Å². The molecular weight excluding hydrogens is 146 g/mol. The van der Waals surface area contributed by atoms with Gasteiger partial charge in [-0.2, -0.15) is 15.0 Å². The number of rotatable bonds is 1. The quantitative estimate of drug-likeness (QED) is 0.484. The topological polar surface area (TPSA) is 111 Å². The fourth-order valence-corrected chi connectivity index (χ4v) is 0.614. The van der Waals surface area contributed by atoms with E-state index in [1.54, 1.807) is 0 Å². The maximum Gasteiger partial charge on any atom is 0.225 e. The van der Waals surface area contributed by atoms with Crippen LogP contribution < -0.4 is 11.5 Å². The highest BCUT2D eigenvalue weighted by Gasteiger charge is 2.06. The third kappa shape index (κ3) is 1.74.